The monoisotopic (exact) mass is 415 g/mol. The fraction of sp³-hybridized carbons (Fsp3) is 0.720. The molecule has 1 saturated heterocycles. The van der Waals surface area contributed by atoms with Crippen molar-refractivity contribution in [2.75, 3.05) is 27.9 Å². The molecular formula is C25H37NO4. The molecule has 1 saturated carbocycles. The highest BCUT2D eigenvalue weighted by molar-refractivity contribution is 5.80. The van der Waals surface area contributed by atoms with Crippen molar-refractivity contribution in [3.05, 3.63) is 23.3 Å². The minimum atomic E-state index is -0.0166. The van der Waals surface area contributed by atoms with Crippen molar-refractivity contribution in [2.45, 2.75) is 76.9 Å². The van der Waals surface area contributed by atoms with Gasteiger partial charge in [-0.1, -0.05) is 20.8 Å². The van der Waals surface area contributed by atoms with E-state index in [9.17, 15) is 4.79 Å². The number of fused-ring (bicyclic) bond motifs is 4. The van der Waals surface area contributed by atoms with E-state index in [1.165, 1.54) is 11.1 Å². The van der Waals surface area contributed by atoms with E-state index in [4.69, 9.17) is 14.2 Å². The van der Waals surface area contributed by atoms with Crippen molar-refractivity contribution >= 4 is 5.91 Å². The Bertz CT molecular complexity index is 812. The van der Waals surface area contributed by atoms with Crippen LogP contribution in [0.15, 0.2) is 12.1 Å². The summed E-state index contributed by atoms with van der Waals surface area (Å²) in [6.07, 6.45) is 6.03. The molecule has 1 aromatic rings. The van der Waals surface area contributed by atoms with Gasteiger partial charge in [-0.3, -0.25) is 4.79 Å². The lowest BCUT2D eigenvalue weighted by Crippen LogP contribution is -2.65. The first-order valence-corrected chi connectivity index (χ1v) is 11.4. The number of amides is 1. The lowest BCUT2D eigenvalue weighted by molar-refractivity contribution is -0.150. The molecule has 2 bridgehead atoms. The van der Waals surface area contributed by atoms with Gasteiger partial charge in [-0.25, -0.2) is 0 Å². The van der Waals surface area contributed by atoms with Crippen LogP contribution in [0.3, 0.4) is 0 Å². The van der Waals surface area contributed by atoms with Crippen molar-refractivity contribution in [3.8, 4) is 11.5 Å². The van der Waals surface area contributed by atoms with E-state index in [0.29, 0.717) is 12.0 Å². The van der Waals surface area contributed by atoms with Gasteiger partial charge < -0.3 is 19.1 Å². The van der Waals surface area contributed by atoms with Crippen LogP contribution in [-0.2, 0) is 21.4 Å². The van der Waals surface area contributed by atoms with Gasteiger partial charge in [0.05, 0.1) is 20.3 Å². The first kappa shape index (κ1) is 21.5. The number of likely N-dealkylation sites (tertiary alicyclic amines) is 1. The van der Waals surface area contributed by atoms with Crippen molar-refractivity contribution < 1.29 is 19.0 Å². The summed E-state index contributed by atoms with van der Waals surface area (Å²) in [6.45, 7) is 7.90. The molecular weight excluding hydrogens is 378 g/mol. The number of rotatable bonds is 4. The molecule has 0 spiro atoms. The van der Waals surface area contributed by atoms with E-state index in [0.717, 1.165) is 56.6 Å². The minimum Gasteiger partial charge on any atom is -0.493 e. The molecule has 2 fully saturated rings. The zero-order chi connectivity index (χ0) is 21.7. The van der Waals surface area contributed by atoms with Crippen LogP contribution in [0.4, 0.5) is 0 Å². The average molecular weight is 416 g/mol. The Morgan fingerprint density at radius 1 is 1.00 bits per heavy atom. The molecule has 5 nitrogen and oxygen atoms in total. The van der Waals surface area contributed by atoms with Gasteiger partial charge in [0.2, 0.25) is 5.91 Å². The van der Waals surface area contributed by atoms with Crippen LogP contribution in [0.2, 0.25) is 0 Å². The second-order valence-electron chi connectivity index (χ2n) is 10.1. The van der Waals surface area contributed by atoms with Crippen LogP contribution in [0, 0.1) is 11.3 Å². The van der Waals surface area contributed by atoms with Crippen LogP contribution >= 0.6 is 0 Å². The fourth-order valence-electron chi connectivity index (χ4n) is 6.28. The van der Waals surface area contributed by atoms with Gasteiger partial charge in [-0.15, -0.1) is 0 Å². The molecule has 2 unspecified atom stereocenters. The third kappa shape index (κ3) is 3.12. The molecule has 2 aliphatic carbocycles. The summed E-state index contributed by atoms with van der Waals surface area (Å²) in [5.41, 5.74) is 2.63. The van der Waals surface area contributed by atoms with Gasteiger partial charge in [0.25, 0.3) is 0 Å². The van der Waals surface area contributed by atoms with Crippen molar-refractivity contribution in [1.82, 2.24) is 4.90 Å². The first-order chi connectivity index (χ1) is 14.3. The number of hydrogen-bond acceptors (Lipinski definition) is 4. The highest BCUT2D eigenvalue weighted by Gasteiger charge is 2.57. The lowest BCUT2D eigenvalue weighted by atomic mass is 9.51. The van der Waals surface area contributed by atoms with E-state index < -0.39 is 0 Å². The number of hydrogen-bond donors (Lipinski definition) is 0. The molecule has 166 valence electrons. The van der Waals surface area contributed by atoms with Crippen LogP contribution in [0.25, 0.3) is 0 Å². The average Bonchev–Trinajstić information content (AvgIpc) is 2.75. The van der Waals surface area contributed by atoms with Crippen LogP contribution in [0.1, 0.15) is 64.0 Å². The van der Waals surface area contributed by atoms with Gasteiger partial charge in [-0.2, -0.15) is 0 Å². The maximum Gasteiger partial charge on any atom is 0.225 e. The summed E-state index contributed by atoms with van der Waals surface area (Å²) in [5.74, 6) is 2.06. The van der Waals surface area contributed by atoms with Gasteiger partial charge in [0.15, 0.2) is 11.5 Å². The molecule has 5 heteroatoms. The van der Waals surface area contributed by atoms with Gasteiger partial charge in [0, 0.05) is 31.0 Å². The van der Waals surface area contributed by atoms with Gasteiger partial charge in [0.1, 0.15) is 0 Å². The molecule has 1 aromatic carbocycles. The largest absolute Gasteiger partial charge is 0.493 e. The molecule has 1 amide bonds. The summed E-state index contributed by atoms with van der Waals surface area (Å²) in [5, 5.41) is 0. The minimum absolute atomic E-state index is 0.00467. The quantitative estimate of drug-likeness (QED) is 0.734. The second kappa shape index (κ2) is 7.74. The van der Waals surface area contributed by atoms with Crippen molar-refractivity contribution in [3.63, 3.8) is 0 Å². The van der Waals surface area contributed by atoms with Crippen molar-refractivity contribution in [2.24, 2.45) is 11.3 Å². The maximum atomic E-state index is 13.6. The lowest BCUT2D eigenvalue weighted by Gasteiger charge is -2.61. The zero-order valence-electron chi connectivity index (χ0n) is 19.4. The molecule has 1 aliphatic heterocycles. The first-order valence-electron chi connectivity index (χ1n) is 11.4. The molecule has 3 aliphatic rings. The Morgan fingerprint density at radius 2 is 1.63 bits per heavy atom. The highest BCUT2D eigenvalue weighted by Crippen LogP contribution is 2.57. The van der Waals surface area contributed by atoms with Crippen molar-refractivity contribution in [1.29, 1.82) is 0 Å². The second-order valence-corrected chi connectivity index (χ2v) is 10.1. The van der Waals surface area contributed by atoms with E-state index in [1.807, 2.05) is 0 Å². The summed E-state index contributed by atoms with van der Waals surface area (Å²) in [7, 11) is 5.16. The Kier molecular flexibility index (Phi) is 5.54. The highest BCUT2D eigenvalue weighted by atomic mass is 16.5. The summed E-state index contributed by atoms with van der Waals surface area (Å²) in [4.78, 5) is 15.8. The van der Waals surface area contributed by atoms with E-state index in [2.05, 4.69) is 37.8 Å². The number of carbonyl (C=O) groups excluding carboxylic acids is 1. The molecule has 0 aromatic heterocycles. The summed E-state index contributed by atoms with van der Waals surface area (Å²) < 4.78 is 16.7. The summed E-state index contributed by atoms with van der Waals surface area (Å²) in [6, 6.07) is 4.51. The number of carbonyl (C=O) groups is 1. The molecule has 0 radical (unpaired) electrons. The molecule has 4 rings (SSSR count). The third-order valence-corrected chi connectivity index (χ3v) is 8.74. The number of methoxy groups -OCH3 is 3. The Hall–Kier alpha value is -1.75. The summed E-state index contributed by atoms with van der Waals surface area (Å²) >= 11 is 0. The SMILES string of the molecule is COc1cc2c(cc1OC)C1(C)CCN(C(=O)C3CCC(OC)CC3)C(C2)C1(C)C. The number of nitrogens with zero attached hydrogens (tertiary/aromatic N) is 1. The fourth-order valence-corrected chi connectivity index (χ4v) is 6.28. The predicted molar refractivity (Wildman–Crippen MR) is 117 cm³/mol. The predicted octanol–water partition coefficient (Wildman–Crippen LogP) is 4.35. The zero-order valence-corrected chi connectivity index (χ0v) is 19.4. The third-order valence-electron chi connectivity index (χ3n) is 8.74. The Labute approximate surface area is 181 Å². The van der Waals surface area contributed by atoms with E-state index >= 15 is 0 Å². The van der Waals surface area contributed by atoms with Crippen LogP contribution < -0.4 is 9.47 Å². The molecule has 30 heavy (non-hydrogen) atoms. The van der Waals surface area contributed by atoms with Crippen LogP contribution in [0.5, 0.6) is 11.5 Å². The maximum absolute atomic E-state index is 13.6. The Morgan fingerprint density at radius 3 is 2.23 bits per heavy atom. The Balaban J connectivity index is 1.66. The molecule has 1 heterocycles. The number of piperidine rings is 1. The number of ether oxygens (including phenoxy) is 3. The molecule has 0 N–H and O–H groups in total. The smallest absolute Gasteiger partial charge is 0.225 e. The topological polar surface area (TPSA) is 48.0 Å². The van der Waals surface area contributed by atoms with Crippen LogP contribution in [-0.4, -0.2) is 50.8 Å². The van der Waals surface area contributed by atoms with Gasteiger partial charge >= 0.3 is 0 Å². The van der Waals surface area contributed by atoms with E-state index in [-0.39, 0.29) is 22.8 Å². The standard InChI is InChI=1S/C25H37NO4/c1-24(2)22-14-17-13-20(29-5)21(30-6)15-19(17)25(24,3)11-12-26(22)23(27)16-7-9-18(28-4)10-8-16/h13,15-16,18,22H,7-12,14H2,1-6H3. The van der Waals surface area contributed by atoms with E-state index in [1.54, 1.807) is 21.3 Å². The normalized spacial score (nSPS) is 32.3. The molecule has 2 atom stereocenters. The number of benzene rings is 1. The van der Waals surface area contributed by atoms with Gasteiger partial charge in [-0.05, 0) is 67.2 Å².